The summed E-state index contributed by atoms with van der Waals surface area (Å²) in [5, 5.41) is 22.4. The molecular weight excluding hydrogens is 279 g/mol. The summed E-state index contributed by atoms with van der Waals surface area (Å²) in [6.45, 7) is 2.94. The lowest BCUT2D eigenvalue weighted by molar-refractivity contribution is -0.139. The number of rotatable bonds is 6. The fourth-order valence-electron chi connectivity index (χ4n) is 1.74. The summed E-state index contributed by atoms with van der Waals surface area (Å²) in [6, 6.07) is 2.27. The maximum absolute atomic E-state index is 13.5. The molecule has 0 fully saturated rings. The Bertz CT molecular complexity index is 522. The Morgan fingerprint density at radius 2 is 2.00 bits per heavy atom. The minimum Gasteiger partial charge on any atom is -0.480 e. The first-order valence-corrected chi connectivity index (χ1v) is 6.52. The van der Waals surface area contributed by atoms with Gasteiger partial charge in [-0.25, -0.2) is 14.0 Å². The largest absolute Gasteiger partial charge is 0.480 e. The standard InChI is InChI=1S/C14H19FN2O4/c1-8-3-4-10(7-11(8)15)9(2)16-14(21)17-12(5-6-18)13(19)20/h3-4,7,9,12,18H,5-6H2,1-2H3,(H,19,20)(H2,16,17,21)/t9?,12-/m0/s1. The zero-order valence-electron chi connectivity index (χ0n) is 11.9. The number of urea groups is 1. The van der Waals surface area contributed by atoms with Crippen molar-refractivity contribution < 1.29 is 24.2 Å². The predicted octanol–water partition coefficient (Wildman–Crippen LogP) is 1.33. The second-order valence-corrected chi connectivity index (χ2v) is 4.75. The second kappa shape index (κ2) is 7.58. The number of carboxylic acids is 1. The highest BCUT2D eigenvalue weighted by Gasteiger charge is 2.20. The number of hydrogen-bond donors (Lipinski definition) is 4. The minimum atomic E-state index is -1.23. The summed E-state index contributed by atoms with van der Waals surface area (Å²) in [4.78, 5) is 22.6. The van der Waals surface area contributed by atoms with Crippen LogP contribution in [0.1, 0.15) is 30.5 Å². The molecule has 116 valence electrons. The van der Waals surface area contributed by atoms with Crippen LogP contribution in [0.4, 0.5) is 9.18 Å². The summed E-state index contributed by atoms with van der Waals surface area (Å²) >= 11 is 0. The predicted molar refractivity (Wildman–Crippen MR) is 74.3 cm³/mol. The van der Waals surface area contributed by atoms with Crippen LogP contribution in [0.15, 0.2) is 18.2 Å². The van der Waals surface area contributed by atoms with E-state index in [1.807, 2.05) is 0 Å². The van der Waals surface area contributed by atoms with E-state index in [1.165, 1.54) is 6.07 Å². The summed E-state index contributed by atoms with van der Waals surface area (Å²) in [7, 11) is 0. The van der Waals surface area contributed by atoms with Crippen LogP contribution in [0.2, 0.25) is 0 Å². The molecular formula is C14H19FN2O4. The second-order valence-electron chi connectivity index (χ2n) is 4.75. The molecule has 0 heterocycles. The highest BCUT2D eigenvalue weighted by atomic mass is 19.1. The first-order valence-electron chi connectivity index (χ1n) is 6.52. The number of nitrogens with one attached hydrogen (secondary N) is 2. The van der Waals surface area contributed by atoms with Gasteiger partial charge in [0.1, 0.15) is 11.9 Å². The highest BCUT2D eigenvalue weighted by Crippen LogP contribution is 2.16. The van der Waals surface area contributed by atoms with E-state index in [2.05, 4.69) is 10.6 Å². The van der Waals surface area contributed by atoms with Crippen molar-refractivity contribution in [2.45, 2.75) is 32.4 Å². The monoisotopic (exact) mass is 298 g/mol. The highest BCUT2D eigenvalue weighted by molar-refractivity contribution is 5.82. The van der Waals surface area contributed by atoms with Gasteiger partial charge in [-0.15, -0.1) is 0 Å². The van der Waals surface area contributed by atoms with Crippen molar-refractivity contribution in [3.8, 4) is 0 Å². The molecule has 0 bridgehead atoms. The van der Waals surface area contributed by atoms with E-state index in [9.17, 15) is 14.0 Å². The van der Waals surface area contributed by atoms with Crippen LogP contribution in [0, 0.1) is 12.7 Å². The Kier molecular flexibility index (Phi) is 6.10. The average Bonchev–Trinajstić information content (AvgIpc) is 2.41. The van der Waals surface area contributed by atoms with Gasteiger partial charge < -0.3 is 20.8 Å². The van der Waals surface area contributed by atoms with E-state index < -0.39 is 24.1 Å². The number of carboxylic acid groups (broad SMARTS) is 1. The van der Waals surface area contributed by atoms with Crippen molar-refractivity contribution in [1.29, 1.82) is 0 Å². The van der Waals surface area contributed by atoms with E-state index in [-0.39, 0.29) is 18.8 Å². The normalized spacial score (nSPS) is 13.3. The molecule has 2 atom stereocenters. The Balaban J connectivity index is 2.64. The van der Waals surface area contributed by atoms with Crippen molar-refractivity contribution in [2.75, 3.05) is 6.61 Å². The third kappa shape index (κ3) is 5.03. The molecule has 2 amide bonds. The van der Waals surface area contributed by atoms with Gasteiger partial charge in [-0.1, -0.05) is 12.1 Å². The van der Waals surface area contributed by atoms with Gasteiger partial charge in [0.05, 0.1) is 6.04 Å². The van der Waals surface area contributed by atoms with Crippen LogP contribution in [0.3, 0.4) is 0 Å². The Morgan fingerprint density at radius 3 is 2.52 bits per heavy atom. The first-order chi connectivity index (χ1) is 9.85. The minimum absolute atomic E-state index is 0.0870. The number of amides is 2. The van der Waals surface area contributed by atoms with Gasteiger partial charge in [-0.3, -0.25) is 0 Å². The average molecular weight is 298 g/mol. The summed E-state index contributed by atoms with van der Waals surface area (Å²) in [5.74, 6) is -1.60. The number of benzene rings is 1. The molecule has 0 spiro atoms. The topological polar surface area (TPSA) is 98.7 Å². The Labute approximate surface area is 122 Å². The third-order valence-electron chi connectivity index (χ3n) is 3.06. The molecule has 0 saturated carbocycles. The molecule has 1 unspecified atom stereocenters. The number of hydrogen-bond acceptors (Lipinski definition) is 3. The van der Waals surface area contributed by atoms with Crippen molar-refractivity contribution >= 4 is 12.0 Å². The first kappa shape index (κ1) is 16.9. The van der Waals surface area contributed by atoms with E-state index in [0.717, 1.165) is 0 Å². The molecule has 1 rings (SSSR count). The van der Waals surface area contributed by atoms with Gasteiger partial charge in [0.2, 0.25) is 0 Å². The van der Waals surface area contributed by atoms with Gasteiger partial charge in [-0.2, -0.15) is 0 Å². The number of aryl methyl sites for hydroxylation is 1. The van der Waals surface area contributed by atoms with Crippen molar-refractivity contribution in [1.82, 2.24) is 10.6 Å². The van der Waals surface area contributed by atoms with Crippen LogP contribution in [0.5, 0.6) is 0 Å². The van der Waals surface area contributed by atoms with E-state index in [1.54, 1.807) is 26.0 Å². The van der Waals surface area contributed by atoms with Gasteiger partial charge in [0.25, 0.3) is 0 Å². The third-order valence-corrected chi connectivity index (χ3v) is 3.06. The molecule has 0 aliphatic rings. The van der Waals surface area contributed by atoms with Crippen LogP contribution < -0.4 is 10.6 Å². The number of aliphatic carboxylic acids is 1. The molecule has 0 aliphatic carbocycles. The number of aliphatic hydroxyl groups excluding tert-OH is 1. The smallest absolute Gasteiger partial charge is 0.326 e. The van der Waals surface area contributed by atoms with Gasteiger partial charge in [-0.05, 0) is 31.0 Å². The number of halogens is 1. The quantitative estimate of drug-likeness (QED) is 0.636. The lowest BCUT2D eigenvalue weighted by Gasteiger charge is -2.18. The zero-order chi connectivity index (χ0) is 16.0. The van der Waals surface area contributed by atoms with E-state index in [0.29, 0.717) is 11.1 Å². The molecule has 6 nitrogen and oxygen atoms in total. The maximum Gasteiger partial charge on any atom is 0.326 e. The molecule has 0 saturated heterocycles. The molecule has 1 aromatic rings. The summed E-state index contributed by atoms with van der Waals surface area (Å²) < 4.78 is 13.5. The Morgan fingerprint density at radius 1 is 1.33 bits per heavy atom. The van der Waals surface area contributed by atoms with E-state index >= 15 is 0 Å². The van der Waals surface area contributed by atoms with Crippen molar-refractivity contribution in [3.05, 3.63) is 35.1 Å². The lowest BCUT2D eigenvalue weighted by atomic mass is 10.1. The molecule has 1 aromatic carbocycles. The molecule has 0 radical (unpaired) electrons. The maximum atomic E-state index is 13.5. The van der Waals surface area contributed by atoms with Crippen molar-refractivity contribution in [3.63, 3.8) is 0 Å². The number of aliphatic hydroxyl groups is 1. The van der Waals surface area contributed by atoms with Gasteiger partial charge in [0.15, 0.2) is 0 Å². The summed E-state index contributed by atoms with van der Waals surface area (Å²) in [5.41, 5.74) is 1.08. The van der Waals surface area contributed by atoms with Gasteiger partial charge >= 0.3 is 12.0 Å². The molecule has 0 aliphatic heterocycles. The fraction of sp³-hybridized carbons (Fsp3) is 0.429. The molecule has 7 heteroatoms. The number of carbonyl (C=O) groups excluding carboxylic acids is 1. The molecule has 4 N–H and O–H groups in total. The summed E-state index contributed by atoms with van der Waals surface area (Å²) in [6.07, 6.45) is -0.0870. The van der Waals surface area contributed by atoms with Crippen molar-refractivity contribution in [2.24, 2.45) is 0 Å². The molecule has 21 heavy (non-hydrogen) atoms. The SMILES string of the molecule is Cc1ccc(C(C)NC(=O)N[C@@H](CCO)C(=O)O)cc1F. The zero-order valence-corrected chi connectivity index (χ0v) is 11.9. The van der Waals surface area contributed by atoms with Crippen LogP contribution in [-0.4, -0.2) is 34.9 Å². The van der Waals surface area contributed by atoms with Crippen LogP contribution >= 0.6 is 0 Å². The molecule has 0 aromatic heterocycles. The lowest BCUT2D eigenvalue weighted by Crippen LogP contribution is -2.47. The Hall–Kier alpha value is -2.15. The van der Waals surface area contributed by atoms with Crippen LogP contribution in [-0.2, 0) is 4.79 Å². The van der Waals surface area contributed by atoms with E-state index in [4.69, 9.17) is 10.2 Å². The number of carbonyl (C=O) groups is 2. The van der Waals surface area contributed by atoms with Crippen LogP contribution in [0.25, 0.3) is 0 Å². The fourth-order valence-corrected chi connectivity index (χ4v) is 1.74. The van der Waals surface area contributed by atoms with Gasteiger partial charge in [0, 0.05) is 13.0 Å².